The maximum atomic E-state index is 3.71. The average molecular weight is 252 g/mol. The second-order valence-electron chi connectivity index (χ2n) is 7.14. The predicted octanol–water partition coefficient (Wildman–Crippen LogP) is 3.42. The minimum atomic E-state index is 0.286. The number of hydrogen-bond donors (Lipinski definition) is 1. The largest absolute Gasteiger partial charge is 0.309 e. The van der Waals surface area contributed by atoms with Crippen LogP contribution in [0.3, 0.4) is 0 Å². The standard InChI is InChI=1S/C16H32N2/c1-5-15-11-17-16(3,4)12-18(15)13(2)14-9-7-6-8-10-14/h13-15,17H,5-12H2,1-4H3. The van der Waals surface area contributed by atoms with Crippen molar-refractivity contribution in [1.82, 2.24) is 10.2 Å². The van der Waals surface area contributed by atoms with Crippen LogP contribution in [0, 0.1) is 5.92 Å². The second kappa shape index (κ2) is 5.92. The van der Waals surface area contributed by atoms with Gasteiger partial charge < -0.3 is 5.32 Å². The molecule has 2 aliphatic rings. The lowest BCUT2D eigenvalue weighted by atomic mass is 9.82. The van der Waals surface area contributed by atoms with Gasteiger partial charge in [-0.15, -0.1) is 0 Å². The lowest BCUT2D eigenvalue weighted by molar-refractivity contribution is 0.0261. The molecule has 1 heterocycles. The Bertz CT molecular complexity index is 256. The fraction of sp³-hybridized carbons (Fsp3) is 1.00. The van der Waals surface area contributed by atoms with Crippen molar-refractivity contribution in [3.8, 4) is 0 Å². The first kappa shape index (κ1) is 14.3. The number of piperazine rings is 1. The van der Waals surface area contributed by atoms with Crippen molar-refractivity contribution in [2.45, 2.75) is 83.8 Å². The van der Waals surface area contributed by atoms with Crippen LogP contribution in [-0.2, 0) is 0 Å². The van der Waals surface area contributed by atoms with E-state index in [-0.39, 0.29) is 5.54 Å². The van der Waals surface area contributed by atoms with Gasteiger partial charge in [-0.05, 0) is 46.0 Å². The fourth-order valence-corrected chi connectivity index (χ4v) is 3.90. The molecule has 2 heteroatoms. The van der Waals surface area contributed by atoms with Crippen LogP contribution in [0.1, 0.15) is 66.2 Å². The Kier molecular flexibility index (Phi) is 4.71. The van der Waals surface area contributed by atoms with Crippen LogP contribution in [0.2, 0.25) is 0 Å². The second-order valence-corrected chi connectivity index (χ2v) is 7.14. The lowest BCUT2D eigenvalue weighted by Gasteiger charge is -2.49. The molecule has 0 aromatic heterocycles. The SMILES string of the molecule is CCC1CNC(C)(C)CN1C(C)C1CCCCC1. The summed E-state index contributed by atoms with van der Waals surface area (Å²) in [6, 6.07) is 1.52. The molecule has 106 valence electrons. The summed E-state index contributed by atoms with van der Waals surface area (Å²) in [5, 5.41) is 3.71. The monoisotopic (exact) mass is 252 g/mol. The van der Waals surface area contributed by atoms with E-state index in [0.29, 0.717) is 0 Å². The molecule has 1 saturated heterocycles. The Morgan fingerprint density at radius 2 is 1.89 bits per heavy atom. The molecule has 1 N–H and O–H groups in total. The Morgan fingerprint density at radius 1 is 1.22 bits per heavy atom. The molecule has 2 fully saturated rings. The van der Waals surface area contributed by atoms with Gasteiger partial charge in [-0.1, -0.05) is 26.2 Å². The van der Waals surface area contributed by atoms with Gasteiger partial charge in [0, 0.05) is 30.7 Å². The normalized spacial score (nSPS) is 32.3. The highest BCUT2D eigenvalue weighted by molar-refractivity contribution is 4.95. The van der Waals surface area contributed by atoms with Gasteiger partial charge >= 0.3 is 0 Å². The van der Waals surface area contributed by atoms with E-state index in [4.69, 9.17) is 0 Å². The topological polar surface area (TPSA) is 15.3 Å². The summed E-state index contributed by atoms with van der Waals surface area (Å²) in [5.74, 6) is 0.946. The van der Waals surface area contributed by atoms with E-state index in [9.17, 15) is 0 Å². The molecule has 0 aromatic rings. The molecule has 0 aromatic carbocycles. The smallest absolute Gasteiger partial charge is 0.0253 e. The van der Waals surface area contributed by atoms with Crippen molar-refractivity contribution in [2.24, 2.45) is 5.92 Å². The molecule has 2 atom stereocenters. The first-order valence-corrected chi connectivity index (χ1v) is 8.04. The molecule has 0 spiro atoms. The summed E-state index contributed by atoms with van der Waals surface area (Å²) in [5.41, 5.74) is 0.286. The van der Waals surface area contributed by atoms with Gasteiger partial charge in [0.05, 0.1) is 0 Å². The van der Waals surface area contributed by atoms with E-state index in [2.05, 4.69) is 37.9 Å². The van der Waals surface area contributed by atoms with Crippen LogP contribution < -0.4 is 5.32 Å². The van der Waals surface area contributed by atoms with Crippen LogP contribution in [0.5, 0.6) is 0 Å². The molecular formula is C16H32N2. The third-order valence-corrected chi connectivity index (χ3v) is 5.19. The molecule has 2 rings (SSSR count). The first-order chi connectivity index (χ1) is 8.53. The van der Waals surface area contributed by atoms with Gasteiger partial charge in [0.25, 0.3) is 0 Å². The minimum Gasteiger partial charge on any atom is -0.309 e. The molecule has 2 unspecified atom stereocenters. The zero-order valence-corrected chi connectivity index (χ0v) is 12.8. The zero-order valence-electron chi connectivity index (χ0n) is 12.8. The van der Waals surface area contributed by atoms with Gasteiger partial charge in [-0.2, -0.15) is 0 Å². The van der Waals surface area contributed by atoms with E-state index in [1.807, 2.05) is 0 Å². The molecule has 1 aliphatic carbocycles. The number of nitrogens with zero attached hydrogens (tertiary/aromatic N) is 1. The third-order valence-electron chi connectivity index (χ3n) is 5.19. The summed E-state index contributed by atoms with van der Waals surface area (Å²) in [4.78, 5) is 2.81. The third kappa shape index (κ3) is 3.27. The highest BCUT2D eigenvalue weighted by Gasteiger charge is 2.36. The summed E-state index contributed by atoms with van der Waals surface area (Å²) in [6.45, 7) is 11.9. The Hall–Kier alpha value is -0.0800. The quantitative estimate of drug-likeness (QED) is 0.828. The van der Waals surface area contributed by atoms with Crippen LogP contribution >= 0.6 is 0 Å². The maximum Gasteiger partial charge on any atom is 0.0253 e. The highest BCUT2D eigenvalue weighted by Crippen LogP contribution is 2.31. The van der Waals surface area contributed by atoms with Crippen LogP contribution in [-0.4, -0.2) is 35.6 Å². The van der Waals surface area contributed by atoms with E-state index in [1.165, 1.54) is 51.6 Å². The van der Waals surface area contributed by atoms with Crippen molar-refractivity contribution in [3.63, 3.8) is 0 Å². The summed E-state index contributed by atoms with van der Waals surface area (Å²) in [6.07, 6.45) is 8.58. The predicted molar refractivity (Wildman–Crippen MR) is 78.9 cm³/mol. The number of nitrogens with one attached hydrogen (secondary N) is 1. The van der Waals surface area contributed by atoms with E-state index < -0.39 is 0 Å². The first-order valence-electron chi connectivity index (χ1n) is 8.04. The summed E-state index contributed by atoms with van der Waals surface area (Å²) < 4.78 is 0. The molecule has 1 aliphatic heterocycles. The van der Waals surface area contributed by atoms with Gasteiger partial charge in [-0.3, -0.25) is 4.90 Å². The van der Waals surface area contributed by atoms with Gasteiger partial charge in [0.2, 0.25) is 0 Å². The molecule has 2 nitrogen and oxygen atoms in total. The summed E-state index contributed by atoms with van der Waals surface area (Å²) in [7, 11) is 0. The number of hydrogen-bond acceptors (Lipinski definition) is 2. The number of rotatable bonds is 3. The molecular weight excluding hydrogens is 220 g/mol. The molecule has 0 bridgehead atoms. The molecule has 18 heavy (non-hydrogen) atoms. The lowest BCUT2D eigenvalue weighted by Crippen LogP contribution is -2.64. The van der Waals surface area contributed by atoms with Gasteiger partial charge in [-0.25, -0.2) is 0 Å². The highest BCUT2D eigenvalue weighted by atomic mass is 15.3. The van der Waals surface area contributed by atoms with Crippen molar-refractivity contribution < 1.29 is 0 Å². The Labute approximate surface area is 114 Å². The van der Waals surface area contributed by atoms with Crippen molar-refractivity contribution >= 4 is 0 Å². The van der Waals surface area contributed by atoms with Gasteiger partial charge in [0.15, 0.2) is 0 Å². The van der Waals surface area contributed by atoms with Gasteiger partial charge in [0.1, 0.15) is 0 Å². The van der Waals surface area contributed by atoms with Crippen molar-refractivity contribution in [2.75, 3.05) is 13.1 Å². The van der Waals surface area contributed by atoms with Crippen LogP contribution in [0.4, 0.5) is 0 Å². The molecule has 0 amide bonds. The van der Waals surface area contributed by atoms with E-state index >= 15 is 0 Å². The summed E-state index contributed by atoms with van der Waals surface area (Å²) >= 11 is 0. The molecule has 0 radical (unpaired) electrons. The Morgan fingerprint density at radius 3 is 2.50 bits per heavy atom. The zero-order chi connectivity index (χ0) is 13.2. The Balaban J connectivity index is 2.02. The minimum absolute atomic E-state index is 0.286. The maximum absolute atomic E-state index is 3.71. The van der Waals surface area contributed by atoms with Crippen LogP contribution in [0.25, 0.3) is 0 Å². The van der Waals surface area contributed by atoms with E-state index in [1.54, 1.807) is 0 Å². The average Bonchev–Trinajstić information content (AvgIpc) is 2.38. The fourth-order valence-electron chi connectivity index (χ4n) is 3.90. The molecule has 1 saturated carbocycles. The van der Waals surface area contributed by atoms with Crippen molar-refractivity contribution in [3.05, 3.63) is 0 Å². The van der Waals surface area contributed by atoms with Crippen LogP contribution in [0.15, 0.2) is 0 Å². The van der Waals surface area contributed by atoms with Crippen molar-refractivity contribution in [1.29, 1.82) is 0 Å². The van der Waals surface area contributed by atoms with E-state index in [0.717, 1.165) is 18.0 Å².